The molecule has 0 unspecified atom stereocenters. The molecule has 2 heterocycles. The monoisotopic (exact) mass is 418 g/mol. The minimum atomic E-state index is -4.29. The molecule has 3 aromatic rings. The van der Waals surface area contributed by atoms with Crippen LogP contribution in [0.5, 0.6) is 5.88 Å². The van der Waals surface area contributed by atoms with Gasteiger partial charge in [0, 0.05) is 11.8 Å². The lowest BCUT2D eigenvalue weighted by Gasteiger charge is -2.05. The van der Waals surface area contributed by atoms with Crippen molar-refractivity contribution < 1.29 is 17.7 Å². The van der Waals surface area contributed by atoms with E-state index in [0.717, 1.165) is 4.68 Å². The highest BCUT2D eigenvalue weighted by atomic mass is 32.2. The lowest BCUT2D eigenvalue weighted by atomic mass is 10.3. The van der Waals surface area contributed by atoms with Crippen molar-refractivity contribution in [3.63, 3.8) is 0 Å². The lowest BCUT2D eigenvalue weighted by molar-refractivity contribution is 0.325. The van der Waals surface area contributed by atoms with Crippen molar-refractivity contribution in [3.05, 3.63) is 52.1 Å². The third-order valence-electron chi connectivity index (χ3n) is 3.75. The molecule has 152 valence electrons. The maximum Gasteiger partial charge on any atom is 0.301 e. The van der Waals surface area contributed by atoms with Crippen molar-refractivity contribution in [2.75, 3.05) is 6.61 Å². The van der Waals surface area contributed by atoms with Gasteiger partial charge in [0.2, 0.25) is 5.88 Å². The molecule has 1 aromatic carbocycles. The number of rotatable bonds is 6. The summed E-state index contributed by atoms with van der Waals surface area (Å²) in [6.07, 6.45) is 0. The minimum Gasteiger partial charge on any atom is -0.478 e. The number of nitrogens with one attached hydrogen (secondary N) is 1. The Morgan fingerprint density at radius 2 is 1.86 bits per heavy atom. The van der Waals surface area contributed by atoms with Crippen LogP contribution in [0.2, 0.25) is 0 Å². The molecule has 2 aromatic heterocycles. The van der Waals surface area contributed by atoms with Gasteiger partial charge in [0.25, 0.3) is 16.1 Å². The maximum atomic E-state index is 12.7. The van der Waals surface area contributed by atoms with Gasteiger partial charge in [0.05, 0.1) is 22.9 Å². The van der Waals surface area contributed by atoms with Crippen LogP contribution in [0.25, 0.3) is 5.95 Å². The van der Waals surface area contributed by atoms with Crippen LogP contribution in [0.15, 0.2) is 50.3 Å². The van der Waals surface area contributed by atoms with Gasteiger partial charge < -0.3 is 4.74 Å². The summed E-state index contributed by atoms with van der Waals surface area (Å²) in [5.41, 5.74) is 0.909. The third kappa shape index (κ3) is 4.55. The molecule has 2 N–H and O–H groups in total. The summed E-state index contributed by atoms with van der Waals surface area (Å²) >= 11 is 0. The van der Waals surface area contributed by atoms with Crippen molar-refractivity contribution >= 4 is 21.5 Å². The topological polar surface area (TPSA) is 152 Å². The summed E-state index contributed by atoms with van der Waals surface area (Å²) in [7, 11) is -4.29. The number of benzene rings is 1. The first kappa shape index (κ1) is 20.4. The predicted octanol–water partition coefficient (Wildman–Crippen LogP) is 2.63. The second-order valence-electron chi connectivity index (χ2n) is 5.98. The van der Waals surface area contributed by atoms with Crippen molar-refractivity contribution in [1.82, 2.24) is 19.7 Å². The van der Waals surface area contributed by atoms with E-state index in [9.17, 15) is 13.2 Å². The van der Waals surface area contributed by atoms with E-state index in [1.54, 1.807) is 19.9 Å². The van der Waals surface area contributed by atoms with E-state index in [0.29, 0.717) is 29.6 Å². The van der Waals surface area contributed by atoms with Crippen LogP contribution >= 0.6 is 0 Å². The van der Waals surface area contributed by atoms with Crippen molar-refractivity contribution in [2.45, 2.75) is 25.7 Å². The summed E-state index contributed by atoms with van der Waals surface area (Å²) in [5, 5.41) is 10.7. The Morgan fingerprint density at radius 1 is 1.17 bits per heavy atom. The quantitative estimate of drug-likeness (QED) is 0.461. The number of azo groups is 1. The number of aromatic amines is 1. The van der Waals surface area contributed by atoms with E-state index in [4.69, 9.17) is 9.29 Å². The molecule has 11 nitrogen and oxygen atoms in total. The van der Waals surface area contributed by atoms with Gasteiger partial charge in [-0.15, -0.1) is 5.11 Å². The molecule has 12 heteroatoms. The summed E-state index contributed by atoms with van der Waals surface area (Å²) in [4.78, 5) is 20.9. The Labute approximate surface area is 165 Å². The molecule has 29 heavy (non-hydrogen) atoms. The van der Waals surface area contributed by atoms with Gasteiger partial charge in [-0.25, -0.2) is 4.98 Å². The fourth-order valence-corrected chi connectivity index (χ4v) is 2.92. The Morgan fingerprint density at radius 3 is 2.48 bits per heavy atom. The van der Waals surface area contributed by atoms with Crippen molar-refractivity contribution in [2.24, 2.45) is 10.2 Å². The molecule has 0 bridgehead atoms. The van der Waals surface area contributed by atoms with E-state index in [1.807, 2.05) is 6.92 Å². The van der Waals surface area contributed by atoms with Gasteiger partial charge in [0.1, 0.15) is 0 Å². The van der Waals surface area contributed by atoms with E-state index < -0.39 is 15.7 Å². The van der Waals surface area contributed by atoms with Gasteiger partial charge in [0.15, 0.2) is 5.69 Å². The van der Waals surface area contributed by atoms with E-state index in [-0.39, 0.29) is 16.5 Å². The third-order valence-corrected chi connectivity index (χ3v) is 4.62. The maximum absolute atomic E-state index is 12.7. The highest BCUT2D eigenvalue weighted by Gasteiger charge is 2.15. The normalized spacial score (nSPS) is 11.9. The second-order valence-corrected chi connectivity index (χ2v) is 7.40. The predicted molar refractivity (Wildman–Crippen MR) is 103 cm³/mol. The number of aromatic nitrogens is 4. The molecule has 0 aliphatic carbocycles. The molecule has 0 aliphatic heterocycles. The number of hydrogen-bond donors (Lipinski definition) is 2. The first-order chi connectivity index (χ1) is 13.7. The zero-order chi connectivity index (χ0) is 21.2. The Balaban J connectivity index is 1.94. The minimum absolute atomic E-state index is 0.0481. The Hall–Kier alpha value is -3.38. The molecule has 0 radical (unpaired) electrons. The number of H-pyrrole nitrogens is 1. The molecule has 0 amide bonds. The summed E-state index contributed by atoms with van der Waals surface area (Å²) in [5.74, 6) is 0.455. The molecule has 0 saturated heterocycles. The van der Waals surface area contributed by atoms with Gasteiger partial charge in [-0.1, -0.05) is 0 Å². The van der Waals surface area contributed by atoms with Crippen molar-refractivity contribution in [1.29, 1.82) is 0 Å². The Bertz CT molecular complexity index is 1230. The molecule has 0 atom stereocenters. The average molecular weight is 418 g/mol. The molecular weight excluding hydrogens is 400 g/mol. The molecule has 3 rings (SSSR count). The van der Waals surface area contributed by atoms with Crippen LogP contribution in [-0.4, -0.2) is 39.3 Å². The van der Waals surface area contributed by atoms with Gasteiger partial charge in [-0.3, -0.25) is 14.4 Å². The second kappa shape index (κ2) is 7.93. The summed E-state index contributed by atoms with van der Waals surface area (Å²) in [6, 6.07) is 6.73. The van der Waals surface area contributed by atoms with Gasteiger partial charge in [-0.2, -0.15) is 23.2 Å². The number of ether oxygens (including phenoxy) is 1. The van der Waals surface area contributed by atoms with Gasteiger partial charge in [-0.05, 0) is 45.0 Å². The fourth-order valence-electron chi connectivity index (χ4n) is 2.44. The fraction of sp³-hybridized carbons (Fsp3) is 0.235. The molecule has 0 fully saturated rings. The van der Waals surface area contributed by atoms with Crippen LogP contribution in [-0.2, 0) is 10.1 Å². The van der Waals surface area contributed by atoms with Gasteiger partial charge >= 0.3 is 5.56 Å². The number of nitrogens with zero attached hydrogens (tertiary/aromatic N) is 5. The summed E-state index contributed by atoms with van der Waals surface area (Å²) in [6.45, 7) is 5.64. The van der Waals surface area contributed by atoms with Crippen molar-refractivity contribution in [3.8, 4) is 11.8 Å². The van der Waals surface area contributed by atoms with E-state index in [1.165, 1.54) is 24.3 Å². The van der Waals surface area contributed by atoms with Crippen LogP contribution in [0.3, 0.4) is 0 Å². The van der Waals surface area contributed by atoms with Crippen LogP contribution in [0.1, 0.15) is 18.3 Å². The molecule has 0 spiro atoms. The summed E-state index contributed by atoms with van der Waals surface area (Å²) < 4.78 is 37.7. The zero-order valence-corrected chi connectivity index (χ0v) is 16.6. The highest BCUT2D eigenvalue weighted by Crippen LogP contribution is 2.20. The molecular formula is C17H18N6O5S. The lowest BCUT2D eigenvalue weighted by Crippen LogP contribution is -2.18. The number of aryl methyl sites for hydroxylation is 2. The van der Waals surface area contributed by atoms with Crippen LogP contribution in [0, 0.1) is 13.8 Å². The SMILES string of the molecule is CCOc1cc(C)nc(-n2[nH]c(C)c(N=Nc3ccc(S(=O)(=O)O)cc3)c2=O)n1. The van der Waals surface area contributed by atoms with Crippen LogP contribution < -0.4 is 10.3 Å². The average Bonchev–Trinajstić information content (AvgIpc) is 2.93. The van der Waals surface area contributed by atoms with E-state index >= 15 is 0 Å². The zero-order valence-electron chi connectivity index (χ0n) is 15.8. The smallest absolute Gasteiger partial charge is 0.301 e. The van der Waals surface area contributed by atoms with Crippen LogP contribution in [0.4, 0.5) is 11.4 Å². The highest BCUT2D eigenvalue weighted by molar-refractivity contribution is 7.85. The first-order valence-corrected chi connectivity index (χ1v) is 9.93. The molecule has 0 saturated carbocycles. The standard InChI is InChI=1S/C17H18N6O5S/c1-4-28-14-9-10(2)18-17(19-14)23-16(24)15(11(3)22-23)21-20-12-5-7-13(8-6-12)29(25,26)27/h5-9,22H,4H2,1-3H3,(H,25,26,27). The largest absolute Gasteiger partial charge is 0.478 e. The Kier molecular flexibility index (Phi) is 5.57. The molecule has 0 aliphatic rings. The number of hydrogen-bond acceptors (Lipinski definition) is 8. The van der Waals surface area contributed by atoms with E-state index in [2.05, 4.69) is 25.3 Å². The first-order valence-electron chi connectivity index (χ1n) is 8.49.